The van der Waals surface area contributed by atoms with Gasteiger partial charge in [0.25, 0.3) is 0 Å². The topological polar surface area (TPSA) is 63.3 Å². The van der Waals surface area contributed by atoms with Gasteiger partial charge in [0, 0.05) is 5.92 Å². The molecule has 6 atom stereocenters. The number of aliphatic hydroxyl groups excluding tert-OH is 1. The van der Waals surface area contributed by atoms with Gasteiger partial charge >= 0.3 is 0 Å². The van der Waals surface area contributed by atoms with Crippen LogP contribution >= 0.6 is 0 Å². The molecule has 0 heterocycles. The molecular formula is C11H17NO2. The molecule has 0 radical (unpaired) electrons. The minimum Gasteiger partial charge on any atom is -0.393 e. The van der Waals surface area contributed by atoms with Crippen molar-refractivity contribution in [1.82, 2.24) is 0 Å². The lowest BCUT2D eigenvalue weighted by molar-refractivity contribution is -0.154. The molecule has 4 fully saturated rings. The summed E-state index contributed by atoms with van der Waals surface area (Å²) in [6.45, 7) is 0. The van der Waals surface area contributed by atoms with Crippen molar-refractivity contribution < 1.29 is 9.90 Å². The van der Waals surface area contributed by atoms with Crippen LogP contribution < -0.4 is 5.73 Å². The Morgan fingerprint density at radius 1 is 1.14 bits per heavy atom. The summed E-state index contributed by atoms with van der Waals surface area (Å²) in [5.41, 5.74) is 5.43. The van der Waals surface area contributed by atoms with Crippen molar-refractivity contribution in [3.8, 4) is 0 Å². The summed E-state index contributed by atoms with van der Waals surface area (Å²) in [6.07, 6.45) is 4.16. The van der Waals surface area contributed by atoms with E-state index in [4.69, 9.17) is 5.73 Å². The Balaban J connectivity index is 1.93. The molecule has 0 aromatic heterocycles. The molecule has 0 spiro atoms. The van der Waals surface area contributed by atoms with Crippen LogP contribution in [0.5, 0.6) is 0 Å². The summed E-state index contributed by atoms with van der Waals surface area (Å²) in [4.78, 5) is 11.3. The third-order valence-electron chi connectivity index (χ3n) is 4.70. The Hall–Kier alpha value is -0.570. The number of amides is 1. The third kappa shape index (κ3) is 0.991. The normalized spacial score (nSPS) is 54.9. The fraction of sp³-hybridized carbons (Fsp3) is 0.909. The Bertz CT molecular complexity index is 278. The smallest absolute Gasteiger partial charge is 0.221 e. The number of nitrogens with two attached hydrogens (primary N) is 1. The summed E-state index contributed by atoms with van der Waals surface area (Å²) >= 11 is 0. The lowest BCUT2D eigenvalue weighted by atomic mass is 9.50. The molecular weight excluding hydrogens is 178 g/mol. The molecule has 4 saturated carbocycles. The molecule has 0 aromatic rings. The van der Waals surface area contributed by atoms with Crippen molar-refractivity contribution in [3.63, 3.8) is 0 Å². The summed E-state index contributed by atoms with van der Waals surface area (Å²) in [7, 11) is 0. The molecule has 0 aliphatic heterocycles. The van der Waals surface area contributed by atoms with E-state index in [1.807, 2.05) is 0 Å². The molecule has 4 bridgehead atoms. The molecule has 4 aliphatic carbocycles. The van der Waals surface area contributed by atoms with Crippen LogP contribution in [0.4, 0.5) is 0 Å². The van der Waals surface area contributed by atoms with Crippen LogP contribution in [0.25, 0.3) is 0 Å². The van der Waals surface area contributed by atoms with Gasteiger partial charge in [-0.15, -0.1) is 0 Å². The number of carbonyl (C=O) groups is 1. The highest BCUT2D eigenvalue weighted by Gasteiger charge is 2.54. The van der Waals surface area contributed by atoms with E-state index in [2.05, 4.69) is 0 Å². The van der Waals surface area contributed by atoms with Crippen LogP contribution in [0.15, 0.2) is 0 Å². The second-order valence-electron chi connectivity index (χ2n) is 5.41. The van der Waals surface area contributed by atoms with Crippen LogP contribution in [0.1, 0.15) is 25.7 Å². The first-order chi connectivity index (χ1) is 6.66. The molecule has 14 heavy (non-hydrogen) atoms. The van der Waals surface area contributed by atoms with Crippen LogP contribution in [-0.2, 0) is 4.79 Å². The maximum atomic E-state index is 11.3. The van der Waals surface area contributed by atoms with Gasteiger partial charge in [-0.05, 0) is 49.4 Å². The van der Waals surface area contributed by atoms with Crippen molar-refractivity contribution in [1.29, 1.82) is 0 Å². The number of hydrogen-bond acceptors (Lipinski definition) is 2. The maximum absolute atomic E-state index is 11.3. The minimum atomic E-state index is -0.250. The number of hydrogen-bond donors (Lipinski definition) is 2. The standard InChI is InChI=1S/C11H17NO2/c12-11(14)9-6-1-5-2-7(4-6)10(13)8(9)3-5/h5-10,13H,1-4H2,(H2,12,14)/t5-,6+,7-,8+,9?,10?/m0/s1. The van der Waals surface area contributed by atoms with E-state index in [9.17, 15) is 9.90 Å². The van der Waals surface area contributed by atoms with E-state index < -0.39 is 0 Å². The van der Waals surface area contributed by atoms with Gasteiger partial charge in [-0.1, -0.05) is 0 Å². The third-order valence-corrected chi connectivity index (χ3v) is 4.70. The van der Waals surface area contributed by atoms with E-state index in [1.54, 1.807) is 0 Å². The van der Waals surface area contributed by atoms with Crippen molar-refractivity contribution in [2.24, 2.45) is 35.3 Å². The molecule has 3 N–H and O–H groups in total. The number of aliphatic hydroxyl groups is 1. The predicted octanol–water partition coefficient (Wildman–Crippen LogP) is 0.515. The Morgan fingerprint density at radius 2 is 1.86 bits per heavy atom. The Morgan fingerprint density at radius 3 is 2.57 bits per heavy atom. The zero-order chi connectivity index (χ0) is 9.87. The van der Waals surface area contributed by atoms with Gasteiger partial charge < -0.3 is 10.8 Å². The van der Waals surface area contributed by atoms with E-state index in [-0.39, 0.29) is 23.8 Å². The van der Waals surface area contributed by atoms with Crippen LogP contribution in [0.2, 0.25) is 0 Å². The zero-order valence-electron chi connectivity index (χ0n) is 8.23. The fourth-order valence-electron chi connectivity index (χ4n) is 4.32. The lowest BCUT2D eigenvalue weighted by Crippen LogP contribution is -2.56. The summed E-state index contributed by atoms with van der Waals surface area (Å²) in [6, 6.07) is 0. The Labute approximate surface area is 83.7 Å². The van der Waals surface area contributed by atoms with Gasteiger partial charge in [-0.2, -0.15) is 0 Å². The first-order valence-electron chi connectivity index (χ1n) is 5.64. The van der Waals surface area contributed by atoms with Gasteiger partial charge in [-0.25, -0.2) is 0 Å². The van der Waals surface area contributed by atoms with Crippen LogP contribution in [0, 0.1) is 29.6 Å². The highest BCUT2D eigenvalue weighted by molar-refractivity contribution is 5.77. The molecule has 3 heteroatoms. The average Bonchev–Trinajstić information content (AvgIpc) is 2.12. The molecule has 4 aliphatic rings. The quantitative estimate of drug-likeness (QED) is 0.640. The number of carbonyl (C=O) groups excluding carboxylic acids is 1. The zero-order valence-corrected chi connectivity index (χ0v) is 8.23. The second-order valence-corrected chi connectivity index (χ2v) is 5.41. The molecule has 2 unspecified atom stereocenters. The highest BCUT2D eigenvalue weighted by Crippen LogP contribution is 2.56. The van der Waals surface area contributed by atoms with Crippen LogP contribution in [0.3, 0.4) is 0 Å². The second kappa shape index (κ2) is 2.72. The fourth-order valence-corrected chi connectivity index (χ4v) is 4.32. The van der Waals surface area contributed by atoms with Gasteiger partial charge in [0.2, 0.25) is 5.91 Å². The molecule has 0 aromatic carbocycles. The molecule has 3 nitrogen and oxygen atoms in total. The van der Waals surface area contributed by atoms with Crippen molar-refractivity contribution in [3.05, 3.63) is 0 Å². The molecule has 78 valence electrons. The predicted molar refractivity (Wildman–Crippen MR) is 51.1 cm³/mol. The van der Waals surface area contributed by atoms with Crippen molar-refractivity contribution >= 4 is 5.91 Å². The van der Waals surface area contributed by atoms with Gasteiger partial charge in [0.05, 0.1) is 6.10 Å². The summed E-state index contributed by atoms with van der Waals surface area (Å²) in [5, 5.41) is 10.0. The molecule has 4 rings (SSSR count). The van der Waals surface area contributed by atoms with E-state index in [0.29, 0.717) is 11.8 Å². The lowest BCUT2D eigenvalue weighted by Gasteiger charge is -2.55. The first-order valence-corrected chi connectivity index (χ1v) is 5.64. The Kier molecular flexibility index (Phi) is 1.69. The minimum absolute atomic E-state index is 0.0298. The molecule has 1 amide bonds. The summed E-state index contributed by atoms with van der Waals surface area (Å²) < 4.78 is 0. The van der Waals surface area contributed by atoms with Gasteiger partial charge in [-0.3, -0.25) is 4.79 Å². The van der Waals surface area contributed by atoms with Gasteiger partial charge in [0.15, 0.2) is 0 Å². The van der Waals surface area contributed by atoms with E-state index in [1.165, 1.54) is 12.8 Å². The van der Waals surface area contributed by atoms with Crippen molar-refractivity contribution in [2.45, 2.75) is 31.8 Å². The average molecular weight is 195 g/mol. The van der Waals surface area contributed by atoms with Gasteiger partial charge in [0.1, 0.15) is 0 Å². The number of primary amides is 1. The SMILES string of the molecule is NC(=O)C1[C@@H]2C[C@H]3C[C@@H](C2)C(O)[C@@H]1C3. The summed E-state index contributed by atoms with van der Waals surface area (Å²) in [5.74, 6) is 1.69. The van der Waals surface area contributed by atoms with Crippen molar-refractivity contribution in [2.75, 3.05) is 0 Å². The molecule has 0 saturated heterocycles. The monoisotopic (exact) mass is 195 g/mol. The number of rotatable bonds is 1. The highest BCUT2D eigenvalue weighted by atomic mass is 16.3. The van der Waals surface area contributed by atoms with E-state index >= 15 is 0 Å². The first kappa shape index (κ1) is 8.72. The van der Waals surface area contributed by atoms with E-state index in [0.717, 1.165) is 18.8 Å². The maximum Gasteiger partial charge on any atom is 0.221 e. The largest absolute Gasteiger partial charge is 0.393 e. The van der Waals surface area contributed by atoms with Crippen LogP contribution in [-0.4, -0.2) is 17.1 Å².